The molecule has 0 radical (unpaired) electrons. The summed E-state index contributed by atoms with van der Waals surface area (Å²) < 4.78 is 10.9. The fourth-order valence-electron chi connectivity index (χ4n) is 2.28. The lowest BCUT2D eigenvalue weighted by Gasteiger charge is -2.19. The lowest BCUT2D eigenvalue weighted by molar-refractivity contribution is 0.0922. The van der Waals surface area contributed by atoms with E-state index in [9.17, 15) is 4.79 Å². The number of ether oxygens (including phenoxy) is 2. The molecule has 6 nitrogen and oxygen atoms in total. The summed E-state index contributed by atoms with van der Waals surface area (Å²) in [5.74, 6) is 0.217. The number of nitrogens with zero attached hydrogens (tertiary/aromatic N) is 1. The minimum Gasteiger partial charge on any atom is -0.493 e. The van der Waals surface area contributed by atoms with Crippen molar-refractivity contribution in [2.24, 2.45) is 0 Å². The number of benzene rings is 1. The van der Waals surface area contributed by atoms with E-state index in [0.717, 1.165) is 19.6 Å². The van der Waals surface area contributed by atoms with Crippen molar-refractivity contribution in [3.05, 3.63) is 22.7 Å². The van der Waals surface area contributed by atoms with Crippen LogP contribution in [0.4, 0.5) is 5.69 Å². The predicted molar refractivity (Wildman–Crippen MR) is 103 cm³/mol. The summed E-state index contributed by atoms with van der Waals surface area (Å²) in [6.07, 6.45) is 0.790. The van der Waals surface area contributed by atoms with Crippen LogP contribution in [0.25, 0.3) is 0 Å². The van der Waals surface area contributed by atoms with Gasteiger partial charge in [0.25, 0.3) is 5.91 Å². The Balaban J connectivity index is 2.75. The van der Waals surface area contributed by atoms with Crippen LogP contribution in [0.3, 0.4) is 0 Å². The van der Waals surface area contributed by atoms with Crippen molar-refractivity contribution in [2.45, 2.75) is 33.3 Å². The molecule has 7 heteroatoms. The molecule has 1 rings (SSSR count). The maximum absolute atomic E-state index is 12.5. The molecule has 0 aliphatic carbocycles. The second-order valence-electron chi connectivity index (χ2n) is 5.84. The van der Waals surface area contributed by atoms with Gasteiger partial charge in [-0.1, -0.05) is 25.4 Å². The molecular weight excluding hydrogens is 342 g/mol. The highest BCUT2D eigenvalue weighted by Gasteiger charge is 2.16. The number of anilines is 1. The molecule has 0 heterocycles. The molecule has 1 aromatic rings. The molecule has 0 saturated carbocycles. The van der Waals surface area contributed by atoms with Crippen LogP contribution in [-0.2, 0) is 4.74 Å². The van der Waals surface area contributed by atoms with Crippen LogP contribution in [0.5, 0.6) is 5.75 Å². The van der Waals surface area contributed by atoms with E-state index in [0.29, 0.717) is 41.6 Å². The van der Waals surface area contributed by atoms with Crippen LogP contribution in [0.1, 0.15) is 37.6 Å². The van der Waals surface area contributed by atoms with E-state index in [1.165, 1.54) is 0 Å². The molecule has 3 N–H and O–H groups in total. The molecule has 0 fully saturated rings. The molecule has 0 saturated heterocycles. The first-order valence-electron chi connectivity index (χ1n) is 8.68. The number of nitrogens with two attached hydrogens (primary N) is 1. The van der Waals surface area contributed by atoms with Gasteiger partial charge in [0.2, 0.25) is 0 Å². The molecule has 0 aliphatic rings. The second kappa shape index (κ2) is 11.2. The number of halogens is 1. The minimum absolute atomic E-state index is 0.0796. The van der Waals surface area contributed by atoms with Crippen molar-refractivity contribution in [1.29, 1.82) is 0 Å². The fourth-order valence-corrected chi connectivity index (χ4v) is 2.44. The number of methoxy groups -OCH3 is 1. The van der Waals surface area contributed by atoms with Gasteiger partial charge in [-0.3, -0.25) is 4.79 Å². The number of hydrogen-bond acceptors (Lipinski definition) is 5. The third kappa shape index (κ3) is 7.10. The minimum atomic E-state index is -0.219. The highest BCUT2D eigenvalue weighted by Crippen LogP contribution is 2.29. The molecule has 142 valence electrons. The monoisotopic (exact) mass is 371 g/mol. The first-order chi connectivity index (χ1) is 11.9. The number of amides is 1. The van der Waals surface area contributed by atoms with Crippen LogP contribution in [0, 0.1) is 0 Å². The number of nitrogen functional groups attached to an aromatic ring is 1. The Morgan fingerprint density at radius 1 is 1.36 bits per heavy atom. The normalized spacial score (nSPS) is 12.2. The maximum Gasteiger partial charge on any atom is 0.255 e. The standard InChI is InChI=1S/C18H30ClN3O3/c1-5-22(6-2)9-8-21-18(23)14-11-15(19)16(20)12-17(14)25-10-7-13(3)24-4/h11-13H,5-10,20H2,1-4H3,(H,21,23). The highest BCUT2D eigenvalue weighted by atomic mass is 35.5. The van der Waals surface area contributed by atoms with E-state index < -0.39 is 0 Å². The smallest absolute Gasteiger partial charge is 0.255 e. The number of nitrogens with one attached hydrogen (secondary N) is 1. The van der Waals surface area contributed by atoms with Gasteiger partial charge in [-0.05, 0) is 26.1 Å². The molecule has 1 aromatic carbocycles. The third-order valence-electron chi connectivity index (χ3n) is 4.14. The summed E-state index contributed by atoms with van der Waals surface area (Å²) in [5.41, 5.74) is 6.63. The topological polar surface area (TPSA) is 76.8 Å². The SMILES string of the molecule is CCN(CC)CCNC(=O)c1cc(Cl)c(N)cc1OCCC(C)OC. The Bertz CT molecular complexity index is 551. The summed E-state index contributed by atoms with van der Waals surface area (Å²) in [6.45, 7) is 9.83. The van der Waals surface area contributed by atoms with Crippen LogP contribution < -0.4 is 15.8 Å². The number of hydrogen-bond donors (Lipinski definition) is 2. The first kappa shape index (κ1) is 21.5. The van der Waals surface area contributed by atoms with Gasteiger partial charge in [-0.15, -0.1) is 0 Å². The Kier molecular flexibility index (Phi) is 9.63. The molecule has 0 aromatic heterocycles. The molecule has 0 spiro atoms. The van der Waals surface area contributed by atoms with E-state index in [4.69, 9.17) is 26.8 Å². The lowest BCUT2D eigenvalue weighted by atomic mass is 10.1. The van der Waals surface area contributed by atoms with Gasteiger partial charge in [-0.2, -0.15) is 0 Å². The largest absolute Gasteiger partial charge is 0.493 e. The van der Waals surface area contributed by atoms with Gasteiger partial charge >= 0.3 is 0 Å². The predicted octanol–water partition coefficient (Wildman–Crippen LogP) is 2.80. The molecule has 25 heavy (non-hydrogen) atoms. The number of rotatable bonds is 11. The van der Waals surface area contributed by atoms with Gasteiger partial charge < -0.3 is 25.4 Å². The van der Waals surface area contributed by atoms with Crippen molar-refractivity contribution in [2.75, 3.05) is 45.6 Å². The first-order valence-corrected chi connectivity index (χ1v) is 9.05. The quantitative estimate of drug-likeness (QED) is 0.585. The Morgan fingerprint density at radius 3 is 2.64 bits per heavy atom. The average molecular weight is 372 g/mol. The van der Waals surface area contributed by atoms with Crippen LogP contribution in [0.15, 0.2) is 12.1 Å². The zero-order chi connectivity index (χ0) is 18.8. The van der Waals surface area contributed by atoms with Crippen molar-refractivity contribution in [1.82, 2.24) is 10.2 Å². The van der Waals surface area contributed by atoms with Gasteiger partial charge in [0.05, 0.1) is 29.0 Å². The highest BCUT2D eigenvalue weighted by molar-refractivity contribution is 6.33. The summed E-state index contributed by atoms with van der Waals surface area (Å²) in [6, 6.07) is 3.15. The van der Waals surface area contributed by atoms with Crippen molar-refractivity contribution in [3.63, 3.8) is 0 Å². The Morgan fingerprint density at radius 2 is 2.04 bits per heavy atom. The van der Waals surface area contributed by atoms with Crippen molar-refractivity contribution >= 4 is 23.2 Å². The summed E-state index contributed by atoms with van der Waals surface area (Å²) in [7, 11) is 1.65. The van der Waals surface area contributed by atoms with Crippen molar-refractivity contribution < 1.29 is 14.3 Å². The number of carbonyl (C=O) groups excluding carboxylic acids is 1. The third-order valence-corrected chi connectivity index (χ3v) is 4.46. The summed E-state index contributed by atoms with van der Waals surface area (Å²) >= 11 is 6.08. The Hall–Kier alpha value is -1.50. The van der Waals surface area contributed by atoms with Crippen LogP contribution in [-0.4, -0.2) is 56.8 Å². The van der Waals surface area contributed by atoms with Crippen LogP contribution in [0.2, 0.25) is 5.02 Å². The zero-order valence-electron chi connectivity index (χ0n) is 15.6. The van der Waals surface area contributed by atoms with Gasteiger partial charge in [0.1, 0.15) is 5.75 Å². The lowest BCUT2D eigenvalue weighted by Crippen LogP contribution is -2.35. The molecule has 0 aliphatic heterocycles. The molecule has 0 bridgehead atoms. The van der Waals surface area contributed by atoms with Gasteiger partial charge in [0, 0.05) is 32.7 Å². The number of carbonyl (C=O) groups is 1. The van der Waals surface area contributed by atoms with E-state index in [2.05, 4.69) is 24.1 Å². The van der Waals surface area contributed by atoms with Gasteiger partial charge in [0.15, 0.2) is 0 Å². The molecule has 1 unspecified atom stereocenters. The Labute approximate surface area is 155 Å². The summed E-state index contributed by atoms with van der Waals surface area (Å²) in [5, 5.41) is 3.25. The van der Waals surface area contributed by atoms with Crippen LogP contribution >= 0.6 is 11.6 Å². The second-order valence-corrected chi connectivity index (χ2v) is 6.24. The zero-order valence-corrected chi connectivity index (χ0v) is 16.4. The molecular formula is C18H30ClN3O3. The average Bonchev–Trinajstić information content (AvgIpc) is 2.61. The van der Waals surface area contributed by atoms with E-state index in [-0.39, 0.29) is 12.0 Å². The fraction of sp³-hybridized carbons (Fsp3) is 0.611. The summed E-state index contributed by atoms with van der Waals surface area (Å²) in [4.78, 5) is 14.7. The molecule has 1 atom stereocenters. The van der Waals surface area contributed by atoms with E-state index >= 15 is 0 Å². The van der Waals surface area contributed by atoms with E-state index in [1.807, 2.05) is 6.92 Å². The van der Waals surface area contributed by atoms with Crippen molar-refractivity contribution in [3.8, 4) is 5.75 Å². The number of likely N-dealkylation sites (N-methyl/N-ethyl adjacent to an activating group) is 1. The van der Waals surface area contributed by atoms with E-state index in [1.54, 1.807) is 19.2 Å². The maximum atomic E-state index is 12.5. The van der Waals surface area contributed by atoms with Gasteiger partial charge in [-0.25, -0.2) is 0 Å². The molecule has 1 amide bonds.